The number of ether oxygens (including phenoxy) is 1. The summed E-state index contributed by atoms with van der Waals surface area (Å²) in [6, 6.07) is 13.1. The van der Waals surface area contributed by atoms with E-state index in [-0.39, 0.29) is 30.6 Å². The van der Waals surface area contributed by atoms with Crippen molar-refractivity contribution in [3.8, 4) is 5.75 Å². The van der Waals surface area contributed by atoms with Crippen LogP contribution in [0.4, 0.5) is 0 Å². The fourth-order valence-electron chi connectivity index (χ4n) is 5.35. The summed E-state index contributed by atoms with van der Waals surface area (Å²) >= 11 is 5.88. The molecule has 0 aromatic heterocycles. The van der Waals surface area contributed by atoms with E-state index in [2.05, 4.69) is 83.6 Å². The largest absolute Gasteiger partial charge is 0.480 e. The second kappa shape index (κ2) is 29.1. The summed E-state index contributed by atoms with van der Waals surface area (Å²) in [6.45, 7) is 6.30. The van der Waals surface area contributed by atoms with Gasteiger partial charge < -0.3 is 25.8 Å². The molecular weight excluding hydrogens is 738 g/mol. The zero-order chi connectivity index (χ0) is 41.6. The van der Waals surface area contributed by atoms with Crippen molar-refractivity contribution in [1.82, 2.24) is 16.0 Å². The number of carboxylic acid groups (broad SMARTS) is 1. The number of rotatable bonds is 28. The fourth-order valence-corrected chi connectivity index (χ4v) is 5.48. The van der Waals surface area contributed by atoms with Gasteiger partial charge in [-0.2, -0.15) is 0 Å². The van der Waals surface area contributed by atoms with E-state index in [4.69, 9.17) is 16.3 Å². The highest BCUT2D eigenvalue weighted by molar-refractivity contribution is 6.30. The fraction of sp³-hybridized carbons (Fsp3) is 0.404. The maximum Gasteiger partial charge on any atom is 0.326 e. The molecule has 0 aliphatic rings. The number of carboxylic acids is 1. The Morgan fingerprint density at radius 2 is 1.26 bits per heavy atom. The first-order chi connectivity index (χ1) is 27.5. The number of benzene rings is 2. The van der Waals surface area contributed by atoms with Gasteiger partial charge in [0.2, 0.25) is 5.91 Å². The molecule has 0 heterocycles. The van der Waals surface area contributed by atoms with Gasteiger partial charge in [-0.25, -0.2) is 4.79 Å². The summed E-state index contributed by atoms with van der Waals surface area (Å²) in [5.41, 5.74) is 0.400. The van der Waals surface area contributed by atoms with E-state index in [9.17, 15) is 24.3 Å². The lowest BCUT2D eigenvalue weighted by Gasteiger charge is -2.25. The highest BCUT2D eigenvalue weighted by atomic mass is 35.5. The molecule has 1 unspecified atom stereocenters. The lowest BCUT2D eigenvalue weighted by Crippen LogP contribution is -2.46. The van der Waals surface area contributed by atoms with Crippen LogP contribution in [-0.2, 0) is 20.8 Å². The van der Waals surface area contributed by atoms with Crippen LogP contribution in [0.1, 0.15) is 107 Å². The molecular formula is C47H62ClN3O6. The molecule has 2 aromatic carbocycles. The van der Waals surface area contributed by atoms with Crippen LogP contribution in [0.25, 0.3) is 0 Å². The van der Waals surface area contributed by atoms with Crippen LogP contribution in [-0.4, -0.2) is 53.5 Å². The van der Waals surface area contributed by atoms with Crippen LogP contribution < -0.4 is 20.7 Å². The minimum atomic E-state index is -1.14. The Morgan fingerprint density at radius 1 is 0.719 bits per heavy atom. The molecule has 0 fully saturated rings. The summed E-state index contributed by atoms with van der Waals surface area (Å²) in [7, 11) is 0. The number of carbonyl (C=O) groups excluding carboxylic acids is 3. The van der Waals surface area contributed by atoms with Gasteiger partial charge in [-0.05, 0) is 126 Å². The maximum atomic E-state index is 12.9. The first kappa shape index (κ1) is 48.0. The van der Waals surface area contributed by atoms with Gasteiger partial charge >= 0.3 is 5.97 Å². The normalized spacial score (nSPS) is 12.7. The number of hydrogen-bond donors (Lipinski definition) is 4. The second-order valence-electron chi connectivity index (χ2n) is 13.9. The van der Waals surface area contributed by atoms with E-state index in [1.54, 1.807) is 50.2 Å². The molecule has 0 spiro atoms. The van der Waals surface area contributed by atoms with Gasteiger partial charge in [0.1, 0.15) is 11.8 Å². The molecule has 9 nitrogen and oxygen atoms in total. The minimum absolute atomic E-state index is 0.170. The highest BCUT2D eigenvalue weighted by Crippen LogP contribution is 2.20. The lowest BCUT2D eigenvalue weighted by molar-refractivity contribution is -0.142. The Morgan fingerprint density at radius 3 is 1.81 bits per heavy atom. The van der Waals surface area contributed by atoms with Crippen molar-refractivity contribution in [2.75, 3.05) is 13.1 Å². The molecule has 1 atom stereocenters. The Bertz CT molecular complexity index is 1670. The molecule has 0 bridgehead atoms. The number of aliphatic carboxylic acids is 1. The first-order valence-electron chi connectivity index (χ1n) is 20.0. The first-order valence-corrected chi connectivity index (χ1v) is 20.4. The number of allylic oxidation sites excluding steroid dienone is 12. The van der Waals surface area contributed by atoms with Gasteiger partial charge in [0.25, 0.3) is 11.8 Å². The highest BCUT2D eigenvalue weighted by Gasteiger charge is 2.29. The van der Waals surface area contributed by atoms with Crippen LogP contribution >= 0.6 is 11.6 Å². The molecule has 0 saturated carbocycles. The molecule has 3 amide bonds. The van der Waals surface area contributed by atoms with E-state index in [0.717, 1.165) is 44.1 Å². The van der Waals surface area contributed by atoms with E-state index in [1.807, 2.05) is 24.3 Å². The molecule has 10 heteroatoms. The number of unbranched alkanes of at least 4 members (excludes halogenated alkanes) is 1. The van der Waals surface area contributed by atoms with Crippen molar-refractivity contribution in [3.63, 3.8) is 0 Å². The predicted octanol–water partition coefficient (Wildman–Crippen LogP) is 9.80. The average molecular weight is 800 g/mol. The standard InChI is InChI=1S/C47H62ClN3O6/c1-4-5-6-7-8-9-10-11-12-13-14-15-16-17-18-19-20-21-22-26-43(52)51-42(45(54)55)25-23-24-36-50-46(56)47(2,3)57-41-33-27-38(28-34-41)35-37-49-44(53)39-29-31-40(48)32-30-39/h5-6,8-9,11-12,14-15,17-18,20-21,27-34,42H,4,7,10,13,16,19,22-26,35-37H2,1-3H3,(H,49,53)(H,50,56)(H,51,52)(H,54,55)/b6-5-,9-8-,12-11-,15-14-,18-17-,21-20-. The molecule has 308 valence electrons. The van der Waals surface area contributed by atoms with Crippen LogP contribution in [0.2, 0.25) is 5.02 Å². The van der Waals surface area contributed by atoms with Crippen LogP contribution in [0.15, 0.2) is 121 Å². The number of carbonyl (C=O) groups is 4. The van der Waals surface area contributed by atoms with Crippen molar-refractivity contribution >= 4 is 35.3 Å². The Labute approximate surface area is 345 Å². The average Bonchev–Trinajstić information content (AvgIpc) is 3.18. The molecule has 2 aromatic rings. The van der Waals surface area contributed by atoms with Crippen molar-refractivity contribution in [1.29, 1.82) is 0 Å². The van der Waals surface area contributed by atoms with Gasteiger partial charge in [0.05, 0.1) is 0 Å². The van der Waals surface area contributed by atoms with Gasteiger partial charge in [0, 0.05) is 30.1 Å². The topological polar surface area (TPSA) is 134 Å². The molecule has 0 radical (unpaired) electrons. The lowest BCUT2D eigenvalue weighted by atomic mass is 10.1. The number of amides is 3. The second-order valence-corrected chi connectivity index (χ2v) is 14.4. The third-order valence-electron chi connectivity index (χ3n) is 8.62. The van der Waals surface area contributed by atoms with Crippen LogP contribution in [0.3, 0.4) is 0 Å². The third-order valence-corrected chi connectivity index (χ3v) is 8.87. The van der Waals surface area contributed by atoms with Crippen LogP contribution in [0, 0.1) is 0 Å². The molecule has 0 aliphatic carbocycles. The summed E-state index contributed by atoms with van der Waals surface area (Å²) in [4.78, 5) is 49.3. The van der Waals surface area contributed by atoms with Crippen molar-refractivity contribution in [2.45, 2.75) is 109 Å². The van der Waals surface area contributed by atoms with Crippen molar-refractivity contribution in [3.05, 3.63) is 138 Å². The zero-order valence-corrected chi connectivity index (χ0v) is 34.6. The van der Waals surface area contributed by atoms with Crippen molar-refractivity contribution < 1.29 is 29.0 Å². The summed E-state index contributed by atoms with van der Waals surface area (Å²) in [5.74, 6) is -1.32. The SMILES string of the molecule is CC/C=C\C/C=C\C/C=C\C/C=C\C/C=C\C/C=C\CCC(=O)NC(CCCCNC(=O)C(C)(C)Oc1ccc(CCNC(=O)c2ccc(Cl)cc2)cc1)C(=O)O. The zero-order valence-electron chi connectivity index (χ0n) is 33.9. The maximum absolute atomic E-state index is 12.9. The van der Waals surface area contributed by atoms with E-state index >= 15 is 0 Å². The molecule has 57 heavy (non-hydrogen) atoms. The number of halogens is 1. The number of hydrogen-bond acceptors (Lipinski definition) is 5. The monoisotopic (exact) mass is 799 g/mol. The predicted molar refractivity (Wildman–Crippen MR) is 233 cm³/mol. The minimum Gasteiger partial charge on any atom is -0.480 e. The molecule has 4 N–H and O–H groups in total. The summed E-state index contributed by atoms with van der Waals surface area (Å²) in [5, 5.41) is 18.6. The Hall–Kier alpha value is -5.15. The van der Waals surface area contributed by atoms with Gasteiger partial charge in [0.15, 0.2) is 5.60 Å². The van der Waals surface area contributed by atoms with Crippen molar-refractivity contribution in [2.24, 2.45) is 0 Å². The molecule has 2 rings (SSSR count). The number of nitrogens with one attached hydrogen (secondary N) is 3. The summed E-state index contributed by atoms with van der Waals surface area (Å²) in [6.07, 6.45) is 33.8. The Balaban J connectivity index is 1.57. The molecule has 0 aliphatic heterocycles. The van der Waals surface area contributed by atoms with Gasteiger partial charge in [-0.15, -0.1) is 0 Å². The van der Waals surface area contributed by atoms with Gasteiger partial charge in [-0.1, -0.05) is 104 Å². The van der Waals surface area contributed by atoms with E-state index in [1.165, 1.54) is 0 Å². The Kier molecular flexibility index (Phi) is 24.5. The van der Waals surface area contributed by atoms with E-state index < -0.39 is 17.6 Å². The quantitative estimate of drug-likeness (QED) is 0.0501. The van der Waals surface area contributed by atoms with E-state index in [0.29, 0.717) is 55.1 Å². The smallest absolute Gasteiger partial charge is 0.326 e. The summed E-state index contributed by atoms with van der Waals surface area (Å²) < 4.78 is 5.97. The molecule has 0 saturated heterocycles. The third kappa shape index (κ3) is 22.9. The van der Waals surface area contributed by atoms with Crippen LogP contribution in [0.5, 0.6) is 5.75 Å². The van der Waals surface area contributed by atoms with Gasteiger partial charge in [-0.3, -0.25) is 14.4 Å².